The van der Waals surface area contributed by atoms with Crippen LogP contribution in [0, 0.1) is 0 Å². The number of aromatic carboxylic acids is 1. The third-order valence-electron chi connectivity index (χ3n) is 4.05. The van der Waals surface area contributed by atoms with Crippen molar-refractivity contribution in [2.45, 2.75) is 12.8 Å². The Labute approximate surface area is 155 Å². The summed E-state index contributed by atoms with van der Waals surface area (Å²) in [5, 5.41) is 11.4. The number of anilines is 1. The Hall–Kier alpha value is -4.02. The molecule has 0 saturated heterocycles. The smallest absolute Gasteiger partial charge is 0.335 e. The topological polar surface area (TPSA) is 167 Å². The van der Waals surface area contributed by atoms with Crippen molar-refractivity contribution in [1.29, 1.82) is 0 Å². The number of nitrogens with zero attached hydrogens (tertiary/aromatic N) is 2. The molecule has 3 aromatic rings. The van der Waals surface area contributed by atoms with Crippen LogP contribution in [-0.4, -0.2) is 36.5 Å². The van der Waals surface area contributed by atoms with Gasteiger partial charge in [-0.05, 0) is 24.3 Å². The largest absolute Gasteiger partial charge is 0.478 e. The number of carbonyl (C=O) groups excluding carboxylic acids is 1. The number of carboxylic acids is 1. The van der Waals surface area contributed by atoms with E-state index in [0.717, 1.165) is 4.57 Å². The lowest BCUT2D eigenvalue weighted by Gasteiger charge is -2.07. The molecule has 0 unspecified atom stereocenters. The van der Waals surface area contributed by atoms with Gasteiger partial charge in [-0.2, -0.15) is 0 Å². The summed E-state index contributed by atoms with van der Waals surface area (Å²) in [5.74, 6) is -1.49. The Morgan fingerprint density at radius 1 is 1.11 bits per heavy atom. The van der Waals surface area contributed by atoms with Crippen molar-refractivity contribution in [2.24, 2.45) is 7.05 Å². The van der Waals surface area contributed by atoms with E-state index in [1.807, 2.05) is 0 Å². The zero-order chi connectivity index (χ0) is 20.4. The number of aromatic amines is 2. The highest BCUT2D eigenvalue weighted by atomic mass is 16.4. The summed E-state index contributed by atoms with van der Waals surface area (Å²) in [6.45, 7) is 0. The first-order chi connectivity index (χ1) is 13.3. The first kappa shape index (κ1) is 18.8. The molecule has 4 N–H and O–H groups in total. The third-order valence-corrected chi connectivity index (χ3v) is 4.05. The molecule has 0 atom stereocenters. The van der Waals surface area contributed by atoms with Gasteiger partial charge in [0.05, 0.1) is 5.56 Å². The Morgan fingerprint density at radius 3 is 2.43 bits per heavy atom. The van der Waals surface area contributed by atoms with Gasteiger partial charge in [0.15, 0.2) is 5.52 Å². The minimum absolute atomic E-state index is 0.00882. The molecule has 2 heterocycles. The third kappa shape index (κ3) is 3.72. The highest BCUT2D eigenvalue weighted by Gasteiger charge is 2.13. The Balaban J connectivity index is 1.76. The number of hydrogen-bond acceptors (Lipinski definition) is 6. The number of amides is 1. The average Bonchev–Trinajstić information content (AvgIpc) is 2.65. The maximum absolute atomic E-state index is 12.1. The van der Waals surface area contributed by atoms with E-state index in [1.165, 1.54) is 31.3 Å². The minimum atomic E-state index is -1.08. The number of aromatic nitrogens is 4. The highest BCUT2D eigenvalue weighted by molar-refractivity contribution is 5.92. The number of nitrogens with one attached hydrogen (secondary N) is 3. The van der Waals surface area contributed by atoms with Crippen molar-refractivity contribution in [3.8, 4) is 0 Å². The van der Waals surface area contributed by atoms with Crippen molar-refractivity contribution >= 4 is 28.7 Å². The van der Waals surface area contributed by atoms with Crippen molar-refractivity contribution < 1.29 is 14.7 Å². The van der Waals surface area contributed by atoms with E-state index in [2.05, 4.69) is 20.3 Å². The Bertz CT molecular complexity index is 1250. The summed E-state index contributed by atoms with van der Waals surface area (Å²) in [4.78, 5) is 67.0. The number of benzene rings is 1. The van der Waals surface area contributed by atoms with Crippen LogP contribution in [0.5, 0.6) is 0 Å². The average molecular weight is 385 g/mol. The molecule has 0 bridgehead atoms. The molecule has 3 rings (SSSR count). The van der Waals surface area contributed by atoms with Crippen LogP contribution in [-0.2, 0) is 18.3 Å². The van der Waals surface area contributed by atoms with E-state index in [4.69, 9.17) is 5.11 Å². The normalized spacial score (nSPS) is 10.8. The van der Waals surface area contributed by atoms with Crippen LogP contribution in [0.3, 0.4) is 0 Å². The maximum atomic E-state index is 12.1. The quantitative estimate of drug-likeness (QED) is 0.462. The number of carbonyl (C=O) groups is 2. The predicted octanol–water partition coefficient (Wildman–Crippen LogP) is -0.420. The van der Waals surface area contributed by atoms with Gasteiger partial charge in [0, 0.05) is 25.6 Å². The fourth-order valence-corrected chi connectivity index (χ4v) is 2.54. The van der Waals surface area contributed by atoms with Crippen LogP contribution in [0.1, 0.15) is 22.5 Å². The van der Waals surface area contributed by atoms with E-state index in [1.54, 1.807) is 0 Å². The maximum Gasteiger partial charge on any atom is 0.335 e. The molecular weight excluding hydrogens is 370 g/mol. The summed E-state index contributed by atoms with van der Waals surface area (Å²) in [5.41, 5.74) is -1.67. The van der Waals surface area contributed by atoms with E-state index >= 15 is 0 Å². The lowest BCUT2D eigenvalue weighted by atomic mass is 10.2. The lowest BCUT2D eigenvalue weighted by molar-refractivity contribution is -0.116. The van der Waals surface area contributed by atoms with Crippen molar-refractivity contribution in [3.63, 3.8) is 0 Å². The van der Waals surface area contributed by atoms with Crippen LogP contribution in [0.2, 0.25) is 0 Å². The molecule has 0 aliphatic heterocycles. The minimum Gasteiger partial charge on any atom is -0.478 e. The zero-order valence-electron chi connectivity index (χ0n) is 14.6. The van der Waals surface area contributed by atoms with Gasteiger partial charge >= 0.3 is 11.7 Å². The molecule has 11 nitrogen and oxygen atoms in total. The lowest BCUT2D eigenvalue weighted by Crippen LogP contribution is -2.32. The van der Waals surface area contributed by atoms with Gasteiger partial charge in [-0.15, -0.1) is 0 Å². The molecule has 1 aromatic carbocycles. The molecule has 1 amide bonds. The molecule has 28 heavy (non-hydrogen) atoms. The molecule has 11 heteroatoms. The van der Waals surface area contributed by atoms with E-state index in [-0.39, 0.29) is 35.3 Å². The molecule has 0 radical (unpaired) electrons. The van der Waals surface area contributed by atoms with Gasteiger partial charge in [0.25, 0.3) is 11.1 Å². The van der Waals surface area contributed by atoms with Crippen molar-refractivity contribution in [2.75, 3.05) is 5.32 Å². The summed E-state index contributed by atoms with van der Waals surface area (Å²) in [6, 6.07) is 5.60. The van der Waals surface area contributed by atoms with E-state index in [0.29, 0.717) is 5.69 Å². The predicted molar refractivity (Wildman–Crippen MR) is 98.6 cm³/mol. The number of rotatable bonds is 5. The fourth-order valence-electron chi connectivity index (χ4n) is 2.54. The van der Waals surface area contributed by atoms with Gasteiger partial charge in [0.1, 0.15) is 11.3 Å². The monoisotopic (exact) mass is 385 g/mol. The molecule has 0 spiro atoms. The standard InChI is InChI=1S/C17H15N5O6/c1-22-13-12(15(25)21-17(22)28)19-10(14(24)20-13)6-7-11(23)18-9-4-2-8(3-5-9)16(26)27/h2-5H,6-7H2,1H3,(H,18,23)(H,20,24)(H,26,27)(H,21,25,28). The number of carboxylic acid groups (broad SMARTS) is 1. The highest BCUT2D eigenvalue weighted by Crippen LogP contribution is 2.10. The molecule has 0 aliphatic rings. The SMILES string of the molecule is Cn1c(=O)[nH]c(=O)c2nc(CCC(=O)Nc3ccc(C(=O)O)cc3)c(=O)[nH]c21. The van der Waals surface area contributed by atoms with Crippen LogP contribution >= 0.6 is 0 Å². The summed E-state index contributed by atoms with van der Waals surface area (Å²) in [6.07, 6.45) is -0.126. The number of H-pyrrole nitrogens is 2. The van der Waals surface area contributed by atoms with Gasteiger partial charge in [-0.25, -0.2) is 14.6 Å². The number of hydrogen-bond donors (Lipinski definition) is 4. The van der Waals surface area contributed by atoms with Crippen LogP contribution in [0.25, 0.3) is 11.2 Å². The van der Waals surface area contributed by atoms with Crippen LogP contribution < -0.4 is 22.1 Å². The second kappa shape index (κ2) is 7.31. The van der Waals surface area contributed by atoms with E-state index in [9.17, 15) is 24.0 Å². The van der Waals surface area contributed by atoms with Crippen molar-refractivity contribution in [1.82, 2.24) is 19.5 Å². The van der Waals surface area contributed by atoms with Gasteiger partial charge in [-0.1, -0.05) is 0 Å². The summed E-state index contributed by atoms with van der Waals surface area (Å²) >= 11 is 0. The molecule has 0 aliphatic carbocycles. The zero-order valence-corrected chi connectivity index (χ0v) is 14.6. The second-order valence-corrected chi connectivity index (χ2v) is 5.96. The molecular formula is C17H15N5O6. The molecule has 144 valence electrons. The van der Waals surface area contributed by atoms with Crippen molar-refractivity contribution in [3.05, 3.63) is 66.7 Å². The second-order valence-electron chi connectivity index (χ2n) is 5.96. The number of aryl methyl sites for hydroxylation is 2. The molecule has 2 aromatic heterocycles. The molecule has 0 fully saturated rings. The summed E-state index contributed by atoms with van der Waals surface area (Å²) < 4.78 is 1.06. The first-order valence-electron chi connectivity index (χ1n) is 8.11. The fraction of sp³-hybridized carbons (Fsp3) is 0.176. The summed E-state index contributed by atoms with van der Waals surface area (Å²) in [7, 11) is 1.38. The number of fused-ring (bicyclic) bond motifs is 1. The van der Waals surface area contributed by atoms with Gasteiger partial charge in [0.2, 0.25) is 5.91 Å². The molecule has 0 saturated carbocycles. The van der Waals surface area contributed by atoms with E-state index < -0.39 is 28.7 Å². The Kier molecular flexibility index (Phi) is 4.90. The first-order valence-corrected chi connectivity index (χ1v) is 8.11. The van der Waals surface area contributed by atoms with Crippen LogP contribution in [0.15, 0.2) is 38.6 Å². The Morgan fingerprint density at radius 2 is 1.79 bits per heavy atom. The van der Waals surface area contributed by atoms with Gasteiger partial charge in [-0.3, -0.25) is 23.9 Å². The van der Waals surface area contributed by atoms with Gasteiger partial charge < -0.3 is 15.4 Å². The van der Waals surface area contributed by atoms with Crippen LogP contribution in [0.4, 0.5) is 5.69 Å².